The predicted octanol–water partition coefficient (Wildman–Crippen LogP) is 3.32. The van der Waals surface area contributed by atoms with Gasteiger partial charge in [-0.05, 0) is 18.8 Å². The van der Waals surface area contributed by atoms with Crippen molar-refractivity contribution in [1.29, 1.82) is 0 Å². The van der Waals surface area contributed by atoms with Crippen molar-refractivity contribution in [2.75, 3.05) is 6.61 Å². The van der Waals surface area contributed by atoms with Crippen molar-refractivity contribution in [2.45, 2.75) is 79.2 Å². The van der Waals surface area contributed by atoms with Gasteiger partial charge in [0, 0.05) is 18.3 Å². The number of cyclic esters (lactones) is 1. The number of aliphatic hydroxyl groups is 1. The van der Waals surface area contributed by atoms with Crippen LogP contribution in [0.1, 0.15) is 73.1 Å². The molecule has 1 saturated heterocycles. The monoisotopic (exact) mass is 354 g/mol. The fourth-order valence-electron chi connectivity index (χ4n) is 3.55. The molecule has 0 aromatic rings. The number of carbonyl (C=O) groups excluding carboxylic acids is 3. The van der Waals surface area contributed by atoms with E-state index >= 15 is 0 Å². The largest absolute Gasteiger partial charge is 0.465 e. The minimum Gasteiger partial charge on any atom is -0.465 e. The van der Waals surface area contributed by atoms with Gasteiger partial charge in [0.05, 0.1) is 24.5 Å². The SMILES string of the molecule is CC1CCCC(C)C(=O)CCOC(=O)CC(O)C(C)(C)C(=O)C(C)C1. The Labute approximate surface area is 151 Å². The molecule has 0 amide bonds. The second-order valence-corrected chi connectivity index (χ2v) is 8.32. The number of hydrogen-bond acceptors (Lipinski definition) is 5. The molecule has 0 aliphatic carbocycles. The van der Waals surface area contributed by atoms with E-state index in [9.17, 15) is 19.5 Å². The summed E-state index contributed by atoms with van der Waals surface area (Å²) in [5.74, 6) is -0.314. The van der Waals surface area contributed by atoms with Crippen molar-refractivity contribution >= 4 is 17.5 Å². The van der Waals surface area contributed by atoms with E-state index in [0.717, 1.165) is 25.7 Å². The molecule has 5 heteroatoms. The zero-order valence-corrected chi connectivity index (χ0v) is 16.3. The molecule has 0 aromatic heterocycles. The van der Waals surface area contributed by atoms with Crippen molar-refractivity contribution < 1.29 is 24.2 Å². The van der Waals surface area contributed by atoms with Gasteiger partial charge in [0.25, 0.3) is 0 Å². The van der Waals surface area contributed by atoms with Gasteiger partial charge in [-0.2, -0.15) is 0 Å². The molecule has 1 N–H and O–H groups in total. The van der Waals surface area contributed by atoms with Crippen LogP contribution in [0.2, 0.25) is 0 Å². The van der Waals surface area contributed by atoms with E-state index in [-0.39, 0.29) is 42.9 Å². The van der Waals surface area contributed by atoms with Crippen LogP contribution in [0, 0.1) is 23.2 Å². The molecule has 144 valence electrons. The quantitative estimate of drug-likeness (QED) is 0.675. The first kappa shape index (κ1) is 21.8. The number of rotatable bonds is 0. The summed E-state index contributed by atoms with van der Waals surface area (Å²) in [5.41, 5.74) is -1.00. The molecule has 4 unspecified atom stereocenters. The van der Waals surface area contributed by atoms with Crippen molar-refractivity contribution in [3.8, 4) is 0 Å². The lowest BCUT2D eigenvalue weighted by Crippen LogP contribution is -2.42. The smallest absolute Gasteiger partial charge is 0.308 e. The van der Waals surface area contributed by atoms with Crippen LogP contribution in [0.3, 0.4) is 0 Å². The molecule has 1 aliphatic heterocycles. The van der Waals surface area contributed by atoms with Crippen molar-refractivity contribution in [3.63, 3.8) is 0 Å². The van der Waals surface area contributed by atoms with Crippen LogP contribution >= 0.6 is 0 Å². The van der Waals surface area contributed by atoms with Crippen LogP contribution in [-0.4, -0.2) is 35.4 Å². The molecular weight excluding hydrogens is 320 g/mol. The maximum Gasteiger partial charge on any atom is 0.308 e. The molecule has 1 heterocycles. The van der Waals surface area contributed by atoms with Crippen molar-refractivity contribution in [3.05, 3.63) is 0 Å². The molecule has 1 rings (SSSR count). The molecule has 0 bridgehead atoms. The Kier molecular flexibility index (Phi) is 8.26. The number of carbonyl (C=O) groups is 3. The summed E-state index contributed by atoms with van der Waals surface area (Å²) < 4.78 is 5.07. The fourth-order valence-corrected chi connectivity index (χ4v) is 3.55. The maximum atomic E-state index is 12.8. The average molecular weight is 354 g/mol. The molecule has 1 aliphatic rings. The summed E-state index contributed by atoms with van der Waals surface area (Å²) in [6.07, 6.45) is 2.38. The Bertz CT molecular complexity index is 482. The van der Waals surface area contributed by atoms with E-state index in [1.165, 1.54) is 0 Å². The summed E-state index contributed by atoms with van der Waals surface area (Å²) in [5, 5.41) is 10.4. The van der Waals surface area contributed by atoms with Gasteiger partial charge < -0.3 is 9.84 Å². The number of aliphatic hydroxyl groups excluding tert-OH is 1. The van der Waals surface area contributed by atoms with E-state index in [1.807, 2.05) is 13.8 Å². The van der Waals surface area contributed by atoms with E-state index in [4.69, 9.17) is 4.74 Å². The van der Waals surface area contributed by atoms with Crippen LogP contribution in [0.5, 0.6) is 0 Å². The third-order valence-electron chi connectivity index (χ3n) is 5.53. The first-order valence-electron chi connectivity index (χ1n) is 9.46. The highest BCUT2D eigenvalue weighted by atomic mass is 16.5. The molecule has 0 aromatic carbocycles. The Morgan fingerprint density at radius 1 is 1.04 bits per heavy atom. The molecule has 0 saturated carbocycles. The first-order chi connectivity index (χ1) is 11.6. The standard InChI is InChI=1S/C20H34O5/c1-13-7-6-8-14(2)16(21)9-10-25-18(23)12-17(22)20(4,5)19(24)15(3)11-13/h13-15,17,22H,6-12H2,1-5H3. The summed E-state index contributed by atoms with van der Waals surface area (Å²) in [4.78, 5) is 36.7. The van der Waals surface area contributed by atoms with Gasteiger partial charge in [0.1, 0.15) is 11.6 Å². The zero-order chi connectivity index (χ0) is 19.2. The van der Waals surface area contributed by atoms with Crippen LogP contribution in [0.15, 0.2) is 0 Å². The number of ketones is 2. The fraction of sp³-hybridized carbons (Fsp3) is 0.850. The number of ether oxygens (including phenoxy) is 1. The summed E-state index contributed by atoms with van der Waals surface area (Å²) in [7, 11) is 0. The average Bonchev–Trinajstić information content (AvgIpc) is 2.52. The van der Waals surface area contributed by atoms with Gasteiger partial charge >= 0.3 is 5.97 Å². The zero-order valence-electron chi connectivity index (χ0n) is 16.3. The highest BCUT2D eigenvalue weighted by Gasteiger charge is 2.39. The van der Waals surface area contributed by atoms with Crippen molar-refractivity contribution in [2.24, 2.45) is 23.2 Å². The number of esters is 1. The molecule has 5 nitrogen and oxygen atoms in total. The molecular formula is C20H34O5. The Morgan fingerprint density at radius 2 is 1.68 bits per heavy atom. The summed E-state index contributed by atoms with van der Waals surface area (Å²) in [6, 6.07) is 0. The van der Waals surface area contributed by atoms with Crippen LogP contribution in [0.4, 0.5) is 0 Å². The Balaban J connectivity index is 2.87. The lowest BCUT2D eigenvalue weighted by atomic mass is 9.74. The molecule has 1 fully saturated rings. The maximum absolute atomic E-state index is 12.8. The normalized spacial score (nSPS) is 33.8. The van der Waals surface area contributed by atoms with Crippen LogP contribution < -0.4 is 0 Å². The predicted molar refractivity (Wildman–Crippen MR) is 96.0 cm³/mol. The molecule has 0 spiro atoms. The highest BCUT2D eigenvalue weighted by molar-refractivity contribution is 5.87. The van der Waals surface area contributed by atoms with E-state index in [0.29, 0.717) is 5.92 Å². The van der Waals surface area contributed by atoms with Crippen LogP contribution in [0.25, 0.3) is 0 Å². The molecule has 4 atom stereocenters. The van der Waals surface area contributed by atoms with Gasteiger partial charge in [-0.25, -0.2) is 0 Å². The first-order valence-corrected chi connectivity index (χ1v) is 9.46. The topological polar surface area (TPSA) is 80.7 Å². The van der Waals surface area contributed by atoms with Gasteiger partial charge in [-0.15, -0.1) is 0 Å². The molecule has 0 radical (unpaired) electrons. The minimum absolute atomic E-state index is 0.0183. The third-order valence-corrected chi connectivity index (χ3v) is 5.53. The lowest BCUT2D eigenvalue weighted by Gasteiger charge is -2.32. The highest BCUT2D eigenvalue weighted by Crippen LogP contribution is 2.31. The third kappa shape index (κ3) is 6.53. The van der Waals surface area contributed by atoms with Gasteiger partial charge in [-0.1, -0.05) is 47.5 Å². The second-order valence-electron chi connectivity index (χ2n) is 8.32. The minimum atomic E-state index is -1.09. The molecule has 25 heavy (non-hydrogen) atoms. The summed E-state index contributed by atoms with van der Waals surface area (Å²) in [6.45, 7) is 9.33. The Morgan fingerprint density at radius 3 is 2.32 bits per heavy atom. The lowest BCUT2D eigenvalue weighted by molar-refractivity contribution is -0.150. The van der Waals surface area contributed by atoms with E-state index in [2.05, 4.69) is 6.92 Å². The van der Waals surface area contributed by atoms with Crippen molar-refractivity contribution in [1.82, 2.24) is 0 Å². The summed E-state index contributed by atoms with van der Waals surface area (Å²) >= 11 is 0. The van der Waals surface area contributed by atoms with Gasteiger partial charge in [-0.3, -0.25) is 14.4 Å². The van der Waals surface area contributed by atoms with E-state index in [1.54, 1.807) is 13.8 Å². The number of hydrogen-bond donors (Lipinski definition) is 1. The van der Waals surface area contributed by atoms with Gasteiger partial charge in [0.2, 0.25) is 0 Å². The number of Topliss-reactive ketones (excluding diaryl/α,β-unsaturated/α-hetero) is 2. The second kappa shape index (κ2) is 9.46. The Hall–Kier alpha value is -1.23. The van der Waals surface area contributed by atoms with Gasteiger partial charge in [0.15, 0.2) is 0 Å². The van der Waals surface area contributed by atoms with Crippen LogP contribution in [-0.2, 0) is 19.1 Å². The van der Waals surface area contributed by atoms with E-state index < -0.39 is 17.5 Å².